The third-order valence-corrected chi connectivity index (χ3v) is 6.25. The SMILES string of the molecule is CCCOP(=[Se])(CC)OCCC. The van der Waals surface area contributed by atoms with E-state index in [1.54, 1.807) is 0 Å². The summed E-state index contributed by atoms with van der Waals surface area (Å²) in [4.78, 5) is 0. The molecule has 0 N–H and O–H groups in total. The van der Waals surface area contributed by atoms with Gasteiger partial charge in [0.05, 0.1) is 0 Å². The molecule has 0 aromatic heterocycles. The molecular formula is C8H19O2PSe. The van der Waals surface area contributed by atoms with Crippen molar-refractivity contribution in [2.45, 2.75) is 33.6 Å². The van der Waals surface area contributed by atoms with Crippen molar-refractivity contribution in [2.75, 3.05) is 19.4 Å². The first-order chi connectivity index (χ1) is 5.68. The van der Waals surface area contributed by atoms with Crippen LogP contribution in [0.3, 0.4) is 0 Å². The summed E-state index contributed by atoms with van der Waals surface area (Å²) in [5.41, 5.74) is 0. The zero-order valence-electron chi connectivity index (χ0n) is 8.21. The molecular weight excluding hydrogens is 238 g/mol. The average Bonchev–Trinajstić information content (AvgIpc) is 2.11. The summed E-state index contributed by atoms with van der Waals surface area (Å²) in [6.07, 6.45) is 3.07. The van der Waals surface area contributed by atoms with Crippen molar-refractivity contribution >= 4 is 21.1 Å². The van der Waals surface area contributed by atoms with Crippen LogP contribution >= 0.6 is 5.96 Å². The molecule has 0 rings (SSSR count). The van der Waals surface area contributed by atoms with E-state index < -0.39 is 5.96 Å². The van der Waals surface area contributed by atoms with Crippen molar-refractivity contribution in [3.63, 3.8) is 0 Å². The van der Waals surface area contributed by atoms with Crippen molar-refractivity contribution in [3.8, 4) is 0 Å². The summed E-state index contributed by atoms with van der Waals surface area (Å²) in [7, 11) is 0. The predicted octanol–water partition coefficient (Wildman–Crippen LogP) is 2.79. The van der Waals surface area contributed by atoms with Crippen LogP contribution < -0.4 is 0 Å². The van der Waals surface area contributed by atoms with Crippen LogP contribution in [0, 0.1) is 0 Å². The molecule has 0 unspecified atom stereocenters. The molecule has 0 heterocycles. The van der Waals surface area contributed by atoms with Gasteiger partial charge in [-0.05, 0) is 0 Å². The van der Waals surface area contributed by atoms with E-state index in [1.165, 1.54) is 0 Å². The van der Waals surface area contributed by atoms with Crippen molar-refractivity contribution < 1.29 is 9.05 Å². The van der Waals surface area contributed by atoms with Crippen LogP contribution in [0.25, 0.3) is 0 Å². The van der Waals surface area contributed by atoms with Crippen molar-refractivity contribution in [1.82, 2.24) is 0 Å². The fourth-order valence-corrected chi connectivity index (χ4v) is 2.98. The second-order valence-electron chi connectivity index (χ2n) is 2.59. The third-order valence-electron chi connectivity index (χ3n) is 1.37. The Kier molecular flexibility index (Phi) is 7.82. The van der Waals surface area contributed by atoms with Gasteiger partial charge in [0, 0.05) is 0 Å². The van der Waals surface area contributed by atoms with Crippen molar-refractivity contribution in [1.29, 1.82) is 0 Å². The van der Waals surface area contributed by atoms with Crippen LogP contribution in [0.1, 0.15) is 33.6 Å². The van der Waals surface area contributed by atoms with Crippen LogP contribution in [-0.2, 0) is 9.05 Å². The molecule has 0 aromatic carbocycles. The van der Waals surface area contributed by atoms with E-state index >= 15 is 0 Å². The first-order valence-corrected chi connectivity index (χ1v) is 8.59. The van der Waals surface area contributed by atoms with Gasteiger partial charge in [-0.15, -0.1) is 0 Å². The number of hydrogen-bond acceptors (Lipinski definition) is 2. The quantitative estimate of drug-likeness (QED) is 0.515. The van der Waals surface area contributed by atoms with Gasteiger partial charge in [0.25, 0.3) is 0 Å². The van der Waals surface area contributed by atoms with Gasteiger partial charge in [-0.1, -0.05) is 0 Å². The van der Waals surface area contributed by atoms with Gasteiger partial charge in [0.15, 0.2) is 0 Å². The molecule has 12 heavy (non-hydrogen) atoms. The number of hydrogen-bond donors (Lipinski definition) is 0. The Hall–Kier alpha value is 0.869. The van der Waals surface area contributed by atoms with E-state index in [2.05, 4.69) is 35.9 Å². The molecule has 0 aliphatic carbocycles. The van der Waals surface area contributed by atoms with E-state index in [-0.39, 0.29) is 0 Å². The minimum absolute atomic E-state index is 0.804. The van der Waals surface area contributed by atoms with Gasteiger partial charge < -0.3 is 0 Å². The Morgan fingerprint density at radius 1 is 1.00 bits per heavy atom. The summed E-state index contributed by atoms with van der Waals surface area (Å²) in [5, 5.41) is 0. The molecule has 0 saturated carbocycles. The Bertz CT molecular complexity index is 138. The van der Waals surface area contributed by atoms with Crippen molar-refractivity contribution in [2.24, 2.45) is 0 Å². The van der Waals surface area contributed by atoms with Crippen LogP contribution in [-0.4, -0.2) is 34.5 Å². The standard InChI is InChI=1S/C8H19O2PSe/c1-4-7-9-11(12,6-3)10-8-5-2/h4-8H2,1-3H3. The molecule has 74 valence electrons. The van der Waals surface area contributed by atoms with E-state index in [1.807, 2.05) is 0 Å². The molecule has 0 aliphatic rings. The first kappa shape index (κ1) is 12.9. The van der Waals surface area contributed by atoms with Crippen molar-refractivity contribution in [3.05, 3.63) is 0 Å². The second-order valence-corrected chi connectivity index (χ2v) is 8.47. The normalized spacial score (nSPS) is 11.9. The summed E-state index contributed by atoms with van der Waals surface area (Å²) < 4.78 is 11.3. The molecule has 0 fully saturated rings. The molecule has 0 radical (unpaired) electrons. The van der Waals surface area contributed by atoms with E-state index in [0.717, 1.165) is 32.2 Å². The van der Waals surface area contributed by atoms with Gasteiger partial charge >= 0.3 is 83.1 Å². The molecule has 0 aromatic rings. The van der Waals surface area contributed by atoms with Gasteiger partial charge in [0.1, 0.15) is 0 Å². The Labute approximate surface area is 83.4 Å². The predicted molar refractivity (Wildman–Crippen MR) is 55.7 cm³/mol. The third kappa shape index (κ3) is 5.50. The Morgan fingerprint density at radius 2 is 1.42 bits per heavy atom. The zero-order valence-corrected chi connectivity index (χ0v) is 10.8. The van der Waals surface area contributed by atoms with E-state index in [4.69, 9.17) is 9.05 Å². The molecule has 0 atom stereocenters. The van der Waals surface area contributed by atoms with Crippen LogP contribution in [0.2, 0.25) is 0 Å². The van der Waals surface area contributed by atoms with Crippen LogP contribution in [0.5, 0.6) is 0 Å². The maximum absolute atomic E-state index is 5.66. The fraction of sp³-hybridized carbons (Fsp3) is 1.00. The number of rotatable bonds is 7. The molecule has 0 aliphatic heterocycles. The van der Waals surface area contributed by atoms with E-state index in [0.29, 0.717) is 0 Å². The van der Waals surface area contributed by atoms with Gasteiger partial charge in [-0.2, -0.15) is 0 Å². The Balaban J connectivity index is 3.79. The molecule has 4 heteroatoms. The van der Waals surface area contributed by atoms with Gasteiger partial charge in [-0.3, -0.25) is 0 Å². The molecule has 0 bridgehead atoms. The molecule has 0 amide bonds. The average molecular weight is 257 g/mol. The van der Waals surface area contributed by atoms with Gasteiger partial charge in [-0.25, -0.2) is 0 Å². The fourth-order valence-electron chi connectivity index (χ4n) is 0.681. The minimum atomic E-state index is -1.61. The topological polar surface area (TPSA) is 18.5 Å². The van der Waals surface area contributed by atoms with Crippen LogP contribution in [0.4, 0.5) is 0 Å². The summed E-state index contributed by atoms with van der Waals surface area (Å²) in [6, 6.07) is 0. The maximum atomic E-state index is 5.66. The summed E-state index contributed by atoms with van der Waals surface area (Å²) >= 11 is 3.08. The molecule has 2 nitrogen and oxygen atoms in total. The van der Waals surface area contributed by atoms with E-state index in [9.17, 15) is 0 Å². The molecule has 0 saturated heterocycles. The summed E-state index contributed by atoms with van der Waals surface area (Å²) in [5.74, 6) is -1.61. The second kappa shape index (κ2) is 7.29. The zero-order chi connectivity index (χ0) is 9.45. The summed E-state index contributed by atoms with van der Waals surface area (Å²) in [6.45, 7) is 7.94. The van der Waals surface area contributed by atoms with Crippen LogP contribution in [0.15, 0.2) is 0 Å². The Morgan fingerprint density at radius 3 is 1.67 bits per heavy atom. The molecule has 0 spiro atoms. The monoisotopic (exact) mass is 258 g/mol. The van der Waals surface area contributed by atoms with Gasteiger partial charge in [0.2, 0.25) is 0 Å². The first-order valence-electron chi connectivity index (χ1n) is 4.56.